The Morgan fingerprint density at radius 1 is 0.929 bits per heavy atom. The van der Waals surface area contributed by atoms with Gasteiger partial charge >= 0.3 is 6.03 Å². The highest BCUT2D eigenvalue weighted by Gasteiger charge is 2.23. The molecule has 6 heteroatoms. The Kier molecular flexibility index (Phi) is 6.89. The van der Waals surface area contributed by atoms with E-state index in [0.29, 0.717) is 19.6 Å². The zero-order valence-electron chi connectivity index (χ0n) is 16.3. The van der Waals surface area contributed by atoms with Crippen LogP contribution in [0.15, 0.2) is 60.7 Å². The number of benzene rings is 2. The lowest BCUT2D eigenvalue weighted by molar-refractivity contribution is -0.122. The number of anilines is 1. The standard InChI is InChI=1S/C22H28N4O2/c1-18(21(27)23-13-12-19-8-4-2-5-9-19)24-22(28)26-16-14-25(15-17-26)20-10-6-3-7-11-20/h2-11,18H,12-17H2,1H3,(H,23,27)(H,24,28). The lowest BCUT2D eigenvalue weighted by Crippen LogP contribution is -2.55. The molecule has 2 aromatic carbocycles. The molecular formula is C22H28N4O2. The van der Waals surface area contributed by atoms with Crippen LogP contribution in [0.1, 0.15) is 12.5 Å². The van der Waals surface area contributed by atoms with Crippen LogP contribution in [-0.2, 0) is 11.2 Å². The number of rotatable bonds is 6. The molecule has 1 heterocycles. The van der Waals surface area contributed by atoms with Gasteiger partial charge in [-0.25, -0.2) is 4.79 Å². The van der Waals surface area contributed by atoms with Gasteiger partial charge in [0, 0.05) is 38.4 Å². The van der Waals surface area contributed by atoms with Crippen LogP contribution in [0.5, 0.6) is 0 Å². The van der Waals surface area contributed by atoms with Gasteiger partial charge in [0.15, 0.2) is 0 Å². The number of piperazine rings is 1. The van der Waals surface area contributed by atoms with Crippen molar-refractivity contribution in [3.05, 3.63) is 66.2 Å². The van der Waals surface area contributed by atoms with Gasteiger partial charge in [-0.1, -0.05) is 48.5 Å². The highest BCUT2D eigenvalue weighted by molar-refractivity contribution is 5.86. The van der Waals surface area contributed by atoms with Crippen molar-refractivity contribution in [1.82, 2.24) is 15.5 Å². The molecule has 1 unspecified atom stereocenters. The summed E-state index contributed by atoms with van der Waals surface area (Å²) < 4.78 is 0. The lowest BCUT2D eigenvalue weighted by atomic mass is 10.1. The fourth-order valence-corrected chi connectivity index (χ4v) is 3.28. The number of hydrogen-bond donors (Lipinski definition) is 2. The van der Waals surface area contributed by atoms with Crippen LogP contribution >= 0.6 is 0 Å². The van der Waals surface area contributed by atoms with E-state index in [2.05, 4.69) is 27.7 Å². The van der Waals surface area contributed by atoms with Gasteiger partial charge in [-0.05, 0) is 31.0 Å². The van der Waals surface area contributed by atoms with E-state index in [1.54, 1.807) is 11.8 Å². The zero-order chi connectivity index (χ0) is 19.8. The Hall–Kier alpha value is -3.02. The van der Waals surface area contributed by atoms with Gasteiger partial charge < -0.3 is 20.4 Å². The average molecular weight is 380 g/mol. The minimum Gasteiger partial charge on any atom is -0.368 e. The quantitative estimate of drug-likeness (QED) is 0.808. The Balaban J connectivity index is 1.38. The summed E-state index contributed by atoms with van der Waals surface area (Å²) in [6.45, 7) is 5.13. The smallest absolute Gasteiger partial charge is 0.318 e. The summed E-state index contributed by atoms with van der Waals surface area (Å²) in [6, 6.07) is 19.5. The second-order valence-electron chi connectivity index (χ2n) is 7.01. The summed E-state index contributed by atoms with van der Waals surface area (Å²) in [5, 5.41) is 5.70. The van der Waals surface area contributed by atoms with Gasteiger partial charge in [0.05, 0.1) is 0 Å². The molecule has 28 heavy (non-hydrogen) atoms. The number of carbonyl (C=O) groups is 2. The minimum absolute atomic E-state index is 0.160. The van der Waals surface area contributed by atoms with Gasteiger partial charge in [-0.3, -0.25) is 4.79 Å². The highest BCUT2D eigenvalue weighted by Crippen LogP contribution is 2.15. The van der Waals surface area contributed by atoms with Crippen molar-refractivity contribution < 1.29 is 9.59 Å². The average Bonchev–Trinajstić information content (AvgIpc) is 2.75. The molecule has 0 spiro atoms. The number of carbonyl (C=O) groups excluding carboxylic acids is 2. The molecule has 3 amide bonds. The normalized spacial score (nSPS) is 15.0. The molecule has 0 radical (unpaired) electrons. The summed E-state index contributed by atoms with van der Waals surface area (Å²) in [5.74, 6) is -0.160. The second kappa shape index (κ2) is 9.78. The van der Waals surface area contributed by atoms with Crippen molar-refractivity contribution in [3.63, 3.8) is 0 Å². The third kappa shape index (κ3) is 5.49. The Labute approximate surface area is 166 Å². The van der Waals surface area contributed by atoms with Crippen LogP contribution in [0, 0.1) is 0 Å². The largest absolute Gasteiger partial charge is 0.368 e. The molecule has 2 aromatic rings. The topological polar surface area (TPSA) is 64.7 Å². The molecule has 1 saturated heterocycles. The molecule has 1 fully saturated rings. The number of nitrogens with zero attached hydrogens (tertiary/aromatic N) is 2. The second-order valence-corrected chi connectivity index (χ2v) is 7.01. The van der Waals surface area contributed by atoms with Crippen LogP contribution in [0.4, 0.5) is 10.5 Å². The molecule has 0 aliphatic carbocycles. The van der Waals surface area contributed by atoms with Crippen LogP contribution in [-0.4, -0.2) is 55.6 Å². The maximum atomic E-state index is 12.5. The summed E-state index contributed by atoms with van der Waals surface area (Å²) in [7, 11) is 0. The Bertz CT molecular complexity index is 759. The molecule has 0 saturated carbocycles. The fourth-order valence-electron chi connectivity index (χ4n) is 3.28. The molecule has 1 aliphatic rings. The summed E-state index contributed by atoms with van der Waals surface area (Å²) >= 11 is 0. The molecule has 148 valence electrons. The minimum atomic E-state index is -0.560. The van der Waals surface area contributed by atoms with E-state index in [1.165, 1.54) is 11.3 Å². The fraction of sp³-hybridized carbons (Fsp3) is 0.364. The highest BCUT2D eigenvalue weighted by atomic mass is 16.2. The first-order valence-electron chi connectivity index (χ1n) is 9.80. The van der Waals surface area contributed by atoms with Crippen LogP contribution < -0.4 is 15.5 Å². The van der Waals surface area contributed by atoms with Gasteiger partial charge in [0.2, 0.25) is 5.91 Å². The van der Waals surface area contributed by atoms with Crippen LogP contribution in [0.25, 0.3) is 0 Å². The molecule has 6 nitrogen and oxygen atoms in total. The molecule has 2 N–H and O–H groups in total. The molecule has 1 atom stereocenters. The number of hydrogen-bond acceptors (Lipinski definition) is 3. The van der Waals surface area contributed by atoms with E-state index in [4.69, 9.17) is 0 Å². The van der Waals surface area contributed by atoms with Gasteiger partial charge in [-0.15, -0.1) is 0 Å². The van der Waals surface area contributed by atoms with Crippen molar-refractivity contribution in [2.24, 2.45) is 0 Å². The number of para-hydroxylation sites is 1. The predicted octanol–water partition coefficient (Wildman–Crippen LogP) is 2.27. The van der Waals surface area contributed by atoms with Crippen molar-refractivity contribution in [2.75, 3.05) is 37.6 Å². The molecule has 0 bridgehead atoms. The van der Waals surface area contributed by atoms with E-state index in [9.17, 15) is 9.59 Å². The Morgan fingerprint density at radius 3 is 2.18 bits per heavy atom. The third-order valence-corrected chi connectivity index (χ3v) is 4.98. The predicted molar refractivity (Wildman–Crippen MR) is 111 cm³/mol. The first-order chi connectivity index (χ1) is 13.6. The first kappa shape index (κ1) is 19.7. The molecular weight excluding hydrogens is 352 g/mol. The lowest BCUT2D eigenvalue weighted by Gasteiger charge is -2.36. The maximum Gasteiger partial charge on any atom is 0.318 e. The van der Waals surface area contributed by atoms with E-state index < -0.39 is 6.04 Å². The molecule has 3 rings (SSSR count). The third-order valence-electron chi connectivity index (χ3n) is 4.98. The van der Waals surface area contributed by atoms with Gasteiger partial charge in [0.1, 0.15) is 6.04 Å². The molecule has 1 aliphatic heterocycles. The van der Waals surface area contributed by atoms with E-state index in [1.807, 2.05) is 48.5 Å². The Morgan fingerprint density at radius 2 is 1.54 bits per heavy atom. The maximum absolute atomic E-state index is 12.5. The van der Waals surface area contributed by atoms with Gasteiger partial charge in [0.25, 0.3) is 0 Å². The zero-order valence-corrected chi connectivity index (χ0v) is 16.3. The number of urea groups is 1. The van der Waals surface area contributed by atoms with Crippen LogP contribution in [0.3, 0.4) is 0 Å². The van der Waals surface area contributed by atoms with Crippen molar-refractivity contribution in [2.45, 2.75) is 19.4 Å². The van der Waals surface area contributed by atoms with Crippen molar-refractivity contribution in [1.29, 1.82) is 0 Å². The van der Waals surface area contributed by atoms with Gasteiger partial charge in [-0.2, -0.15) is 0 Å². The summed E-state index contributed by atoms with van der Waals surface area (Å²) in [4.78, 5) is 28.7. The summed E-state index contributed by atoms with van der Waals surface area (Å²) in [5.41, 5.74) is 2.35. The SMILES string of the molecule is CC(NC(=O)N1CCN(c2ccccc2)CC1)C(=O)NCCc1ccccc1. The number of nitrogens with one attached hydrogen (secondary N) is 2. The van der Waals surface area contributed by atoms with Crippen LogP contribution in [0.2, 0.25) is 0 Å². The number of amides is 3. The van der Waals surface area contributed by atoms with E-state index in [0.717, 1.165) is 19.5 Å². The van der Waals surface area contributed by atoms with Crippen molar-refractivity contribution in [3.8, 4) is 0 Å². The van der Waals surface area contributed by atoms with Crippen molar-refractivity contribution >= 4 is 17.6 Å². The first-order valence-corrected chi connectivity index (χ1v) is 9.80. The molecule has 0 aromatic heterocycles. The van der Waals surface area contributed by atoms with E-state index >= 15 is 0 Å². The monoisotopic (exact) mass is 380 g/mol. The van der Waals surface area contributed by atoms with E-state index in [-0.39, 0.29) is 11.9 Å². The summed E-state index contributed by atoms with van der Waals surface area (Å²) in [6.07, 6.45) is 0.773.